The average molecular weight is 258 g/mol. The fraction of sp³-hybridized carbons (Fsp3) is 0.500. The van der Waals surface area contributed by atoms with Crippen LogP contribution in [0.15, 0.2) is 24.2 Å². The van der Waals surface area contributed by atoms with Gasteiger partial charge in [-0.2, -0.15) is 0 Å². The first kappa shape index (κ1) is 14.4. The van der Waals surface area contributed by atoms with E-state index >= 15 is 0 Å². The normalized spacial score (nSPS) is 21.3. The van der Waals surface area contributed by atoms with Crippen molar-refractivity contribution >= 4 is 13.2 Å². The highest BCUT2D eigenvalue weighted by Crippen LogP contribution is 2.37. The molecule has 3 heteroatoms. The Morgan fingerprint density at radius 3 is 2.16 bits per heavy atom. The summed E-state index contributed by atoms with van der Waals surface area (Å²) in [7, 11) is -0.273. The van der Waals surface area contributed by atoms with Gasteiger partial charge in [0.1, 0.15) is 0 Å². The third-order valence-electron chi connectivity index (χ3n) is 4.35. The van der Waals surface area contributed by atoms with Crippen LogP contribution in [0, 0.1) is 13.8 Å². The predicted octanol–water partition coefficient (Wildman–Crippen LogP) is 3.95. The molecule has 0 unspecified atom stereocenters. The molecule has 0 radical (unpaired) electrons. The lowest BCUT2D eigenvalue weighted by molar-refractivity contribution is 0.00578. The van der Waals surface area contributed by atoms with E-state index in [0.717, 1.165) is 0 Å². The van der Waals surface area contributed by atoms with Crippen molar-refractivity contribution in [3.8, 4) is 0 Å². The predicted molar refractivity (Wildman–Crippen MR) is 81.0 cm³/mol. The van der Waals surface area contributed by atoms with E-state index in [-0.39, 0.29) is 18.3 Å². The van der Waals surface area contributed by atoms with E-state index in [1.807, 2.05) is 5.98 Å². The first-order chi connectivity index (χ1) is 8.73. The van der Waals surface area contributed by atoms with E-state index < -0.39 is 0 Å². The molecular weight excluding hydrogens is 235 g/mol. The van der Waals surface area contributed by atoms with Gasteiger partial charge in [0.05, 0.1) is 11.2 Å². The molecule has 1 aliphatic heterocycles. The molecule has 0 aromatic heterocycles. The maximum absolute atomic E-state index is 5.95. The summed E-state index contributed by atoms with van der Waals surface area (Å²) < 4.78 is 11.9. The van der Waals surface area contributed by atoms with Gasteiger partial charge >= 0.3 is 7.12 Å². The lowest BCUT2D eigenvalue weighted by Crippen LogP contribution is -2.41. The van der Waals surface area contributed by atoms with Crippen molar-refractivity contribution in [3.63, 3.8) is 0 Å². The molecule has 1 aliphatic rings. The fourth-order valence-corrected chi connectivity index (χ4v) is 2.10. The number of benzene rings is 1. The number of aryl methyl sites for hydroxylation is 1. The molecule has 0 aliphatic carbocycles. The Morgan fingerprint density at radius 2 is 1.58 bits per heavy atom. The summed E-state index contributed by atoms with van der Waals surface area (Å²) in [6.45, 7) is 12.5. The number of hydrogen-bond acceptors (Lipinski definition) is 2. The van der Waals surface area contributed by atoms with E-state index in [4.69, 9.17) is 9.31 Å². The van der Waals surface area contributed by atoms with Crippen LogP contribution < -0.4 is 0 Å². The first-order valence-corrected chi connectivity index (χ1v) is 6.83. The zero-order valence-electron chi connectivity index (χ0n) is 12.8. The zero-order chi connectivity index (χ0) is 14.3. The van der Waals surface area contributed by atoms with Crippen molar-refractivity contribution in [2.45, 2.75) is 52.7 Å². The van der Waals surface area contributed by atoms with Crippen molar-refractivity contribution in [2.24, 2.45) is 0 Å². The average Bonchev–Trinajstić information content (AvgIpc) is 2.50. The summed E-state index contributed by atoms with van der Waals surface area (Å²) in [4.78, 5) is 0. The quantitative estimate of drug-likeness (QED) is 0.748. The molecule has 2 nitrogen and oxygen atoms in total. The Labute approximate surface area is 117 Å². The van der Waals surface area contributed by atoms with Crippen LogP contribution in [0.25, 0.3) is 6.08 Å². The van der Waals surface area contributed by atoms with Crippen LogP contribution in [0.1, 0.15) is 44.4 Å². The molecule has 0 amide bonds. The van der Waals surface area contributed by atoms with Crippen molar-refractivity contribution in [1.29, 1.82) is 0 Å². The van der Waals surface area contributed by atoms with Gasteiger partial charge in [0.15, 0.2) is 0 Å². The minimum absolute atomic E-state index is 0.273. The third kappa shape index (κ3) is 2.77. The second-order valence-electron chi connectivity index (χ2n) is 6.27. The summed E-state index contributed by atoms with van der Waals surface area (Å²) in [5.41, 5.74) is 3.27. The molecular formula is C16H23BO2. The van der Waals surface area contributed by atoms with E-state index in [1.54, 1.807) is 0 Å². The van der Waals surface area contributed by atoms with Crippen molar-refractivity contribution in [3.05, 3.63) is 40.9 Å². The Balaban J connectivity index is 2.15. The lowest BCUT2D eigenvalue weighted by atomic mass is 9.88. The maximum atomic E-state index is 5.95. The Bertz CT molecular complexity index is 487. The summed E-state index contributed by atoms with van der Waals surface area (Å²) in [5.74, 6) is 2.00. The van der Waals surface area contributed by atoms with Gasteiger partial charge in [0.2, 0.25) is 0 Å². The summed E-state index contributed by atoms with van der Waals surface area (Å²) in [6, 6.07) is 6.32. The fourth-order valence-electron chi connectivity index (χ4n) is 2.10. The molecule has 19 heavy (non-hydrogen) atoms. The minimum Gasteiger partial charge on any atom is -0.400 e. The highest BCUT2D eigenvalue weighted by molar-refractivity contribution is 6.52. The molecule has 1 aromatic carbocycles. The van der Waals surface area contributed by atoms with Gasteiger partial charge in [0, 0.05) is 0 Å². The van der Waals surface area contributed by atoms with Crippen molar-refractivity contribution < 1.29 is 9.31 Å². The topological polar surface area (TPSA) is 18.5 Å². The molecule has 1 heterocycles. The molecule has 0 bridgehead atoms. The zero-order valence-corrected chi connectivity index (χ0v) is 12.8. The summed E-state index contributed by atoms with van der Waals surface area (Å²) in [6.07, 6.45) is 2.09. The van der Waals surface area contributed by atoms with Crippen LogP contribution >= 0.6 is 0 Å². The van der Waals surface area contributed by atoms with Gasteiger partial charge in [-0.25, -0.2) is 0 Å². The van der Waals surface area contributed by atoms with Crippen molar-refractivity contribution in [2.75, 3.05) is 0 Å². The van der Waals surface area contributed by atoms with Gasteiger partial charge in [-0.1, -0.05) is 30.3 Å². The lowest BCUT2D eigenvalue weighted by Gasteiger charge is -2.32. The largest absolute Gasteiger partial charge is 0.487 e. The van der Waals surface area contributed by atoms with Gasteiger partial charge in [-0.3, -0.25) is 0 Å². The molecule has 0 N–H and O–H groups in total. The van der Waals surface area contributed by atoms with Crippen LogP contribution in [0.2, 0.25) is 0 Å². The summed E-state index contributed by atoms with van der Waals surface area (Å²) in [5, 5.41) is 0. The highest BCUT2D eigenvalue weighted by Gasteiger charge is 2.49. The van der Waals surface area contributed by atoms with Crippen LogP contribution in [0.3, 0.4) is 0 Å². The van der Waals surface area contributed by atoms with E-state index in [9.17, 15) is 0 Å². The molecule has 1 saturated heterocycles. The van der Waals surface area contributed by atoms with Gasteiger partial charge in [0.25, 0.3) is 0 Å². The molecule has 1 fully saturated rings. The van der Waals surface area contributed by atoms with Gasteiger partial charge in [-0.15, -0.1) is 0 Å². The second-order valence-corrected chi connectivity index (χ2v) is 6.27. The van der Waals surface area contributed by atoms with Crippen LogP contribution in [0.4, 0.5) is 0 Å². The Kier molecular flexibility index (Phi) is 3.63. The van der Waals surface area contributed by atoms with Crippen LogP contribution in [-0.4, -0.2) is 18.3 Å². The smallest absolute Gasteiger partial charge is 0.400 e. The number of rotatable bonds is 2. The summed E-state index contributed by atoms with van der Waals surface area (Å²) >= 11 is 0. The van der Waals surface area contributed by atoms with E-state index in [0.29, 0.717) is 0 Å². The Morgan fingerprint density at radius 1 is 1.00 bits per heavy atom. The first-order valence-electron chi connectivity index (χ1n) is 6.83. The molecule has 1 aromatic rings. The van der Waals surface area contributed by atoms with E-state index in [2.05, 4.69) is 65.8 Å². The number of hydrogen-bond donors (Lipinski definition) is 0. The second kappa shape index (κ2) is 4.80. The van der Waals surface area contributed by atoms with Gasteiger partial charge < -0.3 is 9.31 Å². The van der Waals surface area contributed by atoms with Crippen LogP contribution in [-0.2, 0) is 9.31 Å². The molecule has 0 saturated carbocycles. The standard InChI is InChI=1S/C16H23BO2/c1-12-8-7-9-14(13(12)2)10-11-17-18-15(3,4)16(5,6)19-17/h7-11H,1-6H3/b11-10+. The molecule has 102 valence electrons. The van der Waals surface area contributed by atoms with Crippen molar-refractivity contribution in [1.82, 2.24) is 0 Å². The molecule has 2 rings (SSSR count). The maximum Gasteiger partial charge on any atom is 0.487 e. The monoisotopic (exact) mass is 258 g/mol. The van der Waals surface area contributed by atoms with Gasteiger partial charge in [-0.05, 0) is 58.2 Å². The third-order valence-corrected chi connectivity index (χ3v) is 4.35. The van der Waals surface area contributed by atoms with E-state index in [1.165, 1.54) is 16.7 Å². The Hall–Kier alpha value is -1.06. The highest BCUT2D eigenvalue weighted by atomic mass is 16.7. The van der Waals surface area contributed by atoms with Crippen LogP contribution in [0.5, 0.6) is 0 Å². The minimum atomic E-state index is -0.274. The molecule has 0 spiro atoms. The molecule has 0 atom stereocenters. The SMILES string of the molecule is Cc1cccc(/C=C/B2OC(C)(C)C(C)(C)O2)c1C.